The Kier molecular flexibility index (Phi) is 4.75. The third-order valence-corrected chi connectivity index (χ3v) is 3.72. The Balaban J connectivity index is 2.30. The first-order valence-corrected chi connectivity index (χ1v) is 7.13. The van der Waals surface area contributed by atoms with Crippen LogP contribution in [0, 0.1) is 0 Å². The highest BCUT2D eigenvalue weighted by molar-refractivity contribution is 5.97. The van der Waals surface area contributed by atoms with Gasteiger partial charge in [0.05, 0.1) is 18.7 Å². The summed E-state index contributed by atoms with van der Waals surface area (Å²) in [7, 11) is 1.38. The van der Waals surface area contributed by atoms with Gasteiger partial charge in [0.25, 0.3) is 5.91 Å². The normalized spacial score (nSPS) is 19.8. The lowest BCUT2D eigenvalue weighted by atomic mass is 10.00. The number of hydrogen-bond donors (Lipinski definition) is 2. The lowest BCUT2D eigenvalue weighted by Gasteiger charge is -2.35. The minimum atomic E-state index is -4.95. The predicted molar refractivity (Wildman–Crippen MR) is 78.6 cm³/mol. The first-order valence-electron chi connectivity index (χ1n) is 7.13. The number of amides is 2. The van der Waals surface area contributed by atoms with Gasteiger partial charge in [0.15, 0.2) is 11.7 Å². The van der Waals surface area contributed by atoms with Gasteiger partial charge in [-0.25, -0.2) is 0 Å². The summed E-state index contributed by atoms with van der Waals surface area (Å²) in [6.07, 6.45) is -7.16. The van der Waals surface area contributed by atoms with Gasteiger partial charge in [-0.3, -0.25) is 9.59 Å². The second-order valence-corrected chi connectivity index (χ2v) is 5.64. The number of rotatable bonds is 3. The van der Waals surface area contributed by atoms with Crippen LogP contribution in [0.1, 0.15) is 13.3 Å². The molecule has 0 spiro atoms. The van der Waals surface area contributed by atoms with Crippen molar-refractivity contribution < 1.29 is 32.6 Å². The maximum Gasteiger partial charge on any atom is 0.417 e. The van der Waals surface area contributed by atoms with E-state index in [4.69, 9.17) is 4.74 Å². The molecule has 2 N–H and O–H groups in total. The average Bonchev–Trinajstić information content (AvgIpc) is 2.51. The van der Waals surface area contributed by atoms with Crippen LogP contribution in [0.4, 0.5) is 18.9 Å². The largest absolute Gasteiger partial charge is 0.477 e. The van der Waals surface area contributed by atoms with Crippen LogP contribution in [0.15, 0.2) is 24.3 Å². The number of fused-ring (bicyclic) bond motifs is 1. The zero-order valence-electron chi connectivity index (χ0n) is 13.1. The molecule has 1 aromatic rings. The molecular weight excluding hydrogens is 329 g/mol. The highest BCUT2D eigenvalue weighted by atomic mass is 19.4. The zero-order chi connectivity index (χ0) is 18.1. The molecule has 2 atom stereocenters. The molecule has 0 saturated heterocycles. The first kappa shape index (κ1) is 18.1. The Hall–Kier alpha value is -2.29. The van der Waals surface area contributed by atoms with Gasteiger partial charge in [-0.2, -0.15) is 13.2 Å². The molecule has 0 radical (unpaired) electrons. The van der Waals surface area contributed by atoms with E-state index in [1.54, 1.807) is 12.1 Å². The number of nitrogens with one attached hydrogen (secondary N) is 1. The lowest BCUT2D eigenvalue weighted by molar-refractivity contribution is -0.253. The topological polar surface area (TPSA) is 78.9 Å². The summed E-state index contributed by atoms with van der Waals surface area (Å²) < 4.78 is 43.9. The lowest BCUT2D eigenvalue weighted by Crippen LogP contribution is -2.53. The maximum atomic E-state index is 12.8. The number of alkyl halides is 3. The van der Waals surface area contributed by atoms with Crippen LogP contribution in [0.2, 0.25) is 0 Å². The van der Waals surface area contributed by atoms with Crippen molar-refractivity contribution in [3.63, 3.8) is 0 Å². The first-order chi connectivity index (χ1) is 11.1. The van der Waals surface area contributed by atoms with Crippen molar-refractivity contribution in [3.8, 4) is 5.75 Å². The Morgan fingerprint density at radius 1 is 1.38 bits per heavy atom. The standard InChI is InChI=1S/C15H17F3N2O4/c1-14(23,15(16,17)18)7-12(21)20-8-11(13(22)19-2)24-10-6-4-3-5-9(10)20/h3-6,11,23H,7-8H2,1-2H3,(H,19,22)/t11-,14+/m0/s1. The Bertz CT molecular complexity index is 646. The summed E-state index contributed by atoms with van der Waals surface area (Å²) in [6.45, 7) is 0.289. The smallest absolute Gasteiger partial charge is 0.417 e. The van der Waals surface area contributed by atoms with Crippen molar-refractivity contribution in [3.05, 3.63) is 24.3 Å². The quantitative estimate of drug-likeness (QED) is 0.863. The number of ether oxygens (including phenoxy) is 1. The van der Waals surface area contributed by atoms with Crippen molar-refractivity contribution >= 4 is 17.5 Å². The number of carbonyl (C=O) groups excluding carboxylic acids is 2. The highest BCUT2D eigenvalue weighted by Crippen LogP contribution is 2.37. The van der Waals surface area contributed by atoms with Gasteiger partial charge in [0.1, 0.15) is 5.75 Å². The van der Waals surface area contributed by atoms with Crippen LogP contribution >= 0.6 is 0 Å². The number of hydrogen-bond acceptors (Lipinski definition) is 4. The molecule has 2 rings (SSSR count). The van der Waals surface area contributed by atoms with E-state index in [-0.39, 0.29) is 18.0 Å². The van der Waals surface area contributed by atoms with Gasteiger partial charge < -0.3 is 20.1 Å². The average molecular weight is 346 g/mol. The molecule has 132 valence electrons. The highest BCUT2D eigenvalue weighted by Gasteiger charge is 2.52. The number of nitrogens with zero attached hydrogens (tertiary/aromatic N) is 1. The molecule has 1 aromatic carbocycles. The Labute approximate surface area is 136 Å². The molecule has 6 nitrogen and oxygen atoms in total. The summed E-state index contributed by atoms with van der Waals surface area (Å²) in [5.41, 5.74) is -2.92. The molecule has 0 aliphatic carbocycles. The van der Waals surface area contributed by atoms with E-state index in [9.17, 15) is 27.9 Å². The van der Waals surface area contributed by atoms with Gasteiger partial charge >= 0.3 is 6.18 Å². The molecule has 0 bridgehead atoms. The Morgan fingerprint density at radius 2 is 2.00 bits per heavy atom. The Morgan fingerprint density at radius 3 is 2.58 bits per heavy atom. The van der Waals surface area contributed by atoms with E-state index in [2.05, 4.69) is 5.32 Å². The summed E-state index contributed by atoms with van der Waals surface area (Å²) >= 11 is 0. The SMILES string of the molecule is CNC(=O)[C@@H]1CN(C(=O)C[C@@](C)(O)C(F)(F)F)c2ccccc2O1. The van der Waals surface area contributed by atoms with Gasteiger partial charge in [-0.15, -0.1) is 0 Å². The molecule has 0 aromatic heterocycles. The van der Waals surface area contributed by atoms with E-state index in [1.165, 1.54) is 19.2 Å². The molecule has 1 heterocycles. The van der Waals surface area contributed by atoms with Gasteiger partial charge in [-0.05, 0) is 19.1 Å². The third kappa shape index (κ3) is 3.45. The van der Waals surface area contributed by atoms with Crippen molar-refractivity contribution in [1.82, 2.24) is 5.32 Å². The summed E-state index contributed by atoms with van der Waals surface area (Å²) in [6, 6.07) is 6.20. The van der Waals surface area contributed by atoms with E-state index < -0.39 is 36.1 Å². The van der Waals surface area contributed by atoms with Crippen LogP contribution < -0.4 is 15.0 Å². The van der Waals surface area contributed by atoms with Crippen LogP contribution in [-0.4, -0.2) is 48.4 Å². The number of carbonyl (C=O) groups is 2. The summed E-state index contributed by atoms with van der Waals surface area (Å²) in [4.78, 5) is 25.2. The number of halogens is 3. The zero-order valence-corrected chi connectivity index (χ0v) is 13.1. The number of likely N-dealkylation sites (N-methyl/N-ethyl adjacent to an activating group) is 1. The molecule has 2 amide bonds. The second-order valence-electron chi connectivity index (χ2n) is 5.64. The maximum absolute atomic E-state index is 12.8. The van der Waals surface area contributed by atoms with Crippen molar-refractivity contribution in [2.75, 3.05) is 18.5 Å². The van der Waals surface area contributed by atoms with E-state index >= 15 is 0 Å². The van der Waals surface area contributed by atoms with Crippen LogP contribution in [0.25, 0.3) is 0 Å². The minimum absolute atomic E-state index is 0.206. The fourth-order valence-corrected chi connectivity index (χ4v) is 2.26. The van der Waals surface area contributed by atoms with Crippen LogP contribution in [0.3, 0.4) is 0 Å². The van der Waals surface area contributed by atoms with Crippen LogP contribution in [0.5, 0.6) is 5.75 Å². The number of para-hydroxylation sites is 2. The minimum Gasteiger partial charge on any atom is -0.477 e. The third-order valence-electron chi connectivity index (χ3n) is 3.72. The molecule has 24 heavy (non-hydrogen) atoms. The molecule has 9 heteroatoms. The van der Waals surface area contributed by atoms with Crippen LogP contribution in [-0.2, 0) is 9.59 Å². The van der Waals surface area contributed by atoms with Gasteiger partial charge in [-0.1, -0.05) is 12.1 Å². The molecule has 1 aliphatic heterocycles. The number of benzene rings is 1. The summed E-state index contributed by atoms with van der Waals surface area (Å²) in [5, 5.41) is 11.9. The van der Waals surface area contributed by atoms with Crippen molar-refractivity contribution in [2.24, 2.45) is 0 Å². The fourth-order valence-electron chi connectivity index (χ4n) is 2.26. The monoisotopic (exact) mass is 346 g/mol. The van der Waals surface area contributed by atoms with Gasteiger partial charge in [0, 0.05) is 7.05 Å². The van der Waals surface area contributed by atoms with Crippen molar-refractivity contribution in [1.29, 1.82) is 0 Å². The molecule has 0 saturated carbocycles. The molecular formula is C15H17F3N2O4. The molecule has 0 unspecified atom stereocenters. The predicted octanol–water partition coefficient (Wildman–Crippen LogP) is 1.23. The summed E-state index contributed by atoms with van der Waals surface area (Å²) in [5.74, 6) is -1.26. The number of aliphatic hydroxyl groups is 1. The molecule has 1 aliphatic rings. The molecule has 0 fully saturated rings. The number of anilines is 1. The van der Waals surface area contributed by atoms with E-state index in [1.807, 2.05) is 0 Å². The van der Waals surface area contributed by atoms with Crippen molar-refractivity contribution in [2.45, 2.75) is 31.2 Å². The second kappa shape index (κ2) is 6.31. The van der Waals surface area contributed by atoms with E-state index in [0.717, 1.165) is 4.90 Å². The van der Waals surface area contributed by atoms with Gasteiger partial charge in [0.2, 0.25) is 5.91 Å². The van der Waals surface area contributed by atoms with E-state index in [0.29, 0.717) is 6.92 Å². The fraction of sp³-hybridized carbons (Fsp3) is 0.467.